The van der Waals surface area contributed by atoms with E-state index >= 15 is 0 Å². The van der Waals surface area contributed by atoms with E-state index in [1.54, 1.807) is 6.92 Å². The molecule has 0 amide bonds. The van der Waals surface area contributed by atoms with Crippen LogP contribution in [0.15, 0.2) is 0 Å². The second-order valence-electron chi connectivity index (χ2n) is 4.72. The predicted molar refractivity (Wildman–Crippen MR) is 50.6 cm³/mol. The Morgan fingerprint density at radius 2 is 1.54 bits per heavy atom. The molecule has 0 spiro atoms. The van der Waals surface area contributed by atoms with Crippen LogP contribution in [-0.2, 0) is 9.53 Å². The molecule has 3 aliphatic rings. The van der Waals surface area contributed by atoms with Crippen molar-refractivity contribution < 1.29 is 9.53 Å². The Bertz CT molecular complexity index is 208. The zero-order valence-electron chi connectivity index (χ0n) is 8.56. The molecule has 2 nitrogen and oxygen atoms in total. The Hall–Kier alpha value is -0.370. The standard InChI is InChI=1S/C11H18O2/c1-9(12)10-3-6-11(13-2,7-4-10)8-5-10/h3-8H2,1-2H3. The fourth-order valence-corrected chi connectivity index (χ4v) is 2.99. The lowest BCUT2D eigenvalue weighted by Gasteiger charge is -2.51. The van der Waals surface area contributed by atoms with Gasteiger partial charge in [-0.25, -0.2) is 0 Å². The molecule has 2 heteroatoms. The molecule has 0 aromatic carbocycles. The first-order valence-corrected chi connectivity index (χ1v) is 5.19. The Morgan fingerprint density at radius 1 is 1.08 bits per heavy atom. The average Bonchev–Trinajstić information content (AvgIpc) is 2.20. The average molecular weight is 182 g/mol. The van der Waals surface area contributed by atoms with Crippen LogP contribution in [0, 0.1) is 5.41 Å². The molecule has 3 aliphatic carbocycles. The molecule has 0 aliphatic heterocycles. The van der Waals surface area contributed by atoms with Crippen molar-refractivity contribution in [3.05, 3.63) is 0 Å². The Labute approximate surface area is 79.7 Å². The van der Waals surface area contributed by atoms with Crippen LogP contribution in [-0.4, -0.2) is 18.5 Å². The molecule has 0 radical (unpaired) electrons. The summed E-state index contributed by atoms with van der Waals surface area (Å²) in [6.45, 7) is 1.76. The van der Waals surface area contributed by atoms with E-state index < -0.39 is 0 Å². The van der Waals surface area contributed by atoms with Crippen molar-refractivity contribution in [1.29, 1.82) is 0 Å². The maximum absolute atomic E-state index is 11.5. The normalized spacial score (nSPS) is 43.5. The molecule has 0 heterocycles. The number of hydrogen-bond acceptors (Lipinski definition) is 2. The van der Waals surface area contributed by atoms with Crippen molar-refractivity contribution in [2.24, 2.45) is 5.41 Å². The first kappa shape index (κ1) is 9.20. The second-order valence-corrected chi connectivity index (χ2v) is 4.72. The lowest BCUT2D eigenvalue weighted by atomic mass is 9.57. The fourth-order valence-electron chi connectivity index (χ4n) is 2.99. The van der Waals surface area contributed by atoms with Crippen LogP contribution in [0.2, 0.25) is 0 Å². The number of fused-ring (bicyclic) bond motifs is 3. The molecule has 0 aromatic rings. The van der Waals surface area contributed by atoms with E-state index in [1.807, 2.05) is 7.11 Å². The largest absolute Gasteiger partial charge is 0.378 e. The molecule has 0 atom stereocenters. The topological polar surface area (TPSA) is 26.3 Å². The summed E-state index contributed by atoms with van der Waals surface area (Å²) in [5, 5.41) is 0. The predicted octanol–water partition coefficient (Wildman–Crippen LogP) is 2.31. The first-order valence-electron chi connectivity index (χ1n) is 5.19. The van der Waals surface area contributed by atoms with Crippen molar-refractivity contribution in [1.82, 2.24) is 0 Å². The van der Waals surface area contributed by atoms with Gasteiger partial charge in [0, 0.05) is 12.5 Å². The smallest absolute Gasteiger partial charge is 0.135 e. The van der Waals surface area contributed by atoms with E-state index in [4.69, 9.17) is 4.74 Å². The molecule has 0 saturated heterocycles. The van der Waals surface area contributed by atoms with Gasteiger partial charge in [0.05, 0.1) is 5.60 Å². The minimum Gasteiger partial charge on any atom is -0.378 e. The second kappa shape index (κ2) is 2.81. The van der Waals surface area contributed by atoms with Crippen molar-refractivity contribution in [2.75, 3.05) is 7.11 Å². The molecule has 0 N–H and O–H groups in total. The van der Waals surface area contributed by atoms with Crippen molar-refractivity contribution in [3.63, 3.8) is 0 Å². The van der Waals surface area contributed by atoms with Gasteiger partial charge in [-0.2, -0.15) is 0 Å². The van der Waals surface area contributed by atoms with Crippen LogP contribution in [0.1, 0.15) is 45.4 Å². The third kappa shape index (κ3) is 1.23. The highest BCUT2D eigenvalue weighted by atomic mass is 16.5. The van der Waals surface area contributed by atoms with E-state index in [1.165, 1.54) is 0 Å². The SMILES string of the molecule is COC12CCC(C(C)=O)(CC1)CC2. The van der Waals surface area contributed by atoms with Gasteiger partial charge < -0.3 is 4.74 Å². The number of carbonyl (C=O) groups excluding carboxylic acids is 1. The monoisotopic (exact) mass is 182 g/mol. The molecule has 0 unspecified atom stereocenters. The highest BCUT2D eigenvalue weighted by Gasteiger charge is 2.50. The molecule has 0 aromatic heterocycles. The van der Waals surface area contributed by atoms with Crippen molar-refractivity contribution in [2.45, 2.75) is 51.0 Å². The molecule has 3 fully saturated rings. The molecule has 13 heavy (non-hydrogen) atoms. The minimum absolute atomic E-state index is 0.0419. The zero-order chi connectivity index (χ0) is 9.53. The highest BCUT2D eigenvalue weighted by Crippen LogP contribution is 2.53. The Kier molecular flexibility index (Phi) is 1.99. The van der Waals surface area contributed by atoms with Gasteiger partial charge in [-0.15, -0.1) is 0 Å². The van der Waals surface area contributed by atoms with Crippen LogP contribution in [0.25, 0.3) is 0 Å². The van der Waals surface area contributed by atoms with E-state index in [2.05, 4.69) is 0 Å². The summed E-state index contributed by atoms with van der Waals surface area (Å²) >= 11 is 0. The summed E-state index contributed by atoms with van der Waals surface area (Å²) < 4.78 is 5.58. The van der Waals surface area contributed by atoms with Gasteiger partial charge in [0.2, 0.25) is 0 Å². The molecule has 74 valence electrons. The molecule has 3 saturated carbocycles. The molecular weight excluding hydrogens is 164 g/mol. The lowest BCUT2D eigenvalue weighted by Crippen LogP contribution is -2.49. The summed E-state index contributed by atoms with van der Waals surface area (Å²) in [5.41, 5.74) is 0.178. The molecule has 2 bridgehead atoms. The summed E-state index contributed by atoms with van der Waals surface area (Å²) in [6.07, 6.45) is 6.41. The van der Waals surface area contributed by atoms with Gasteiger partial charge in [-0.3, -0.25) is 4.79 Å². The number of rotatable bonds is 2. The van der Waals surface area contributed by atoms with Crippen LogP contribution in [0.3, 0.4) is 0 Å². The van der Waals surface area contributed by atoms with E-state index in [0.717, 1.165) is 38.5 Å². The van der Waals surface area contributed by atoms with Gasteiger partial charge in [-0.1, -0.05) is 0 Å². The summed E-state index contributed by atoms with van der Waals surface area (Å²) in [4.78, 5) is 11.5. The van der Waals surface area contributed by atoms with Gasteiger partial charge in [0.1, 0.15) is 5.78 Å². The summed E-state index contributed by atoms with van der Waals surface area (Å²) in [6, 6.07) is 0. The van der Waals surface area contributed by atoms with Gasteiger partial charge in [-0.05, 0) is 45.4 Å². The number of Topliss-reactive ketones (excluding diaryl/α,β-unsaturated/α-hetero) is 1. The van der Waals surface area contributed by atoms with Crippen molar-refractivity contribution in [3.8, 4) is 0 Å². The minimum atomic E-state index is 0.0419. The van der Waals surface area contributed by atoms with Crippen LogP contribution in [0.4, 0.5) is 0 Å². The number of carbonyl (C=O) groups is 1. The number of ketones is 1. The summed E-state index contributed by atoms with van der Waals surface area (Å²) in [7, 11) is 1.81. The number of methoxy groups -OCH3 is 1. The zero-order valence-corrected chi connectivity index (χ0v) is 8.56. The highest BCUT2D eigenvalue weighted by molar-refractivity contribution is 5.82. The Balaban J connectivity index is 2.16. The van der Waals surface area contributed by atoms with Crippen LogP contribution in [0.5, 0.6) is 0 Å². The number of ether oxygens (including phenoxy) is 1. The molecular formula is C11H18O2. The fraction of sp³-hybridized carbons (Fsp3) is 0.909. The summed E-state index contributed by atoms with van der Waals surface area (Å²) in [5.74, 6) is 0.400. The van der Waals surface area contributed by atoms with E-state index in [9.17, 15) is 4.79 Å². The van der Waals surface area contributed by atoms with Crippen LogP contribution >= 0.6 is 0 Å². The van der Waals surface area contributed by atoms with Gasteiger partial charge in [0.15, 0.2) is 0 Å². The van der Waals surface area contributed by atoms with Gasteiger partial charge in [0.25, 0.3) is 0 Å². The Morgan fingerprint density at radius 3 is 1.85 bits per heavy atom. The van der Waals surface area contributed by atoms with Crippen LogP contribution < -0.4 is 0 Å². The van der Waals surface area contributed by atoms with Gasteiger partial charge >= 0.3 is 0 Å². The van der Waals surface area contributed by atoms with Crippen molar-refractivity contribution >= 4 is 5.78 Å². The third-order valence-corrected chi connectivity index (χ3v) is 4.36. The number of hydrogen-bond donors (Lipinski definition) is 0. The molecule has 3 rings (SSSR count). The quantitative estimate of drug-likeness (QED) is 0.655. The maximum Gasteiger partial charge on any atom is 0.135 e. The maximum atomic E-state index is 11.5. The van der Waals surface area contributed by atoms with E-state index in [0.29, 0.717) is 5.78 Å². The van der Waals surface area contributed by atoms with E-state index in [-0.39, 0.29) is 11.0 Å². The lowest BCUT2D eigenvalue weighted by molar-refractivity contribution is -0.148. The first-order chi connectivity index (χ1) is 6.13. The third-order valence-electron chi connectivity index (χ3n) is 4.36.